The minimum absolute atomic E-state index is 0.0583. The summed E-state index contributed by atoms with van der Waals surface area (Å²) in [5.41, 5.74) is 0. The Morgan fingerprint density at radius 2 is 0.902 bits per heavy atom. The van der Waals surface area contributed by atoms with Crippen molar-refractivity contribution in [2.45, 2.75) is 200 Å². The number of hydrogen-bond donors (Lipinski definition) is 1. The molecule has 0 aliphatic heterocycles. The fourth-order valence-corrected chi connectivity index (χ4v) is 5.33. The fourth-order valence-electron chi connectivity index (χ4n) is 5.33. The van der Waals surface area contributed by atoms with Crippen LogP contribution >= 0.6 is 0 Å². The van der Waals surface area contributed by atoms with E-state index >= 15 is 0 Å². The Kier molecular flexibility index (Phi) is 31.0. The molecule has 1 N–H and O–H groups in total. The van der Waals surface area contributed by atoms with E-state index < -0.39 is 6.10 Å². The Morgan fingerprint density at radius 1 is 0.537 bits per heavy atom. The highest BCUT2D eigenvalue weighted by molar-refractivity contribution is 5.70. The van der Waals surface area contributed by atoms with E-state index in [4.69, 9.17) is 9.47 Å². The number of hydrogen-bond acceptors (Lipinski definition) is 5. The maximum atomic E-state index is 12.1. The predicted octanol–water partition coefficient (Wildman–Crippen LogP) is 10.6. The third kappa shape index (κ3) is 31.7. The van der Waals surface area contributed by atoms with Gasteiger partial charge in [0.2, 0.25) is 0 Å². The molecule has 0 fully saturated rings. The summed E-state index contributed by atoms with van der Waals surface area (Å²) in [4.78, 5) is 24.1. The minimum Gasteiger partial charge on any atom is -0.462 e. The minimum atomic E-state index is -0.761. The average molecular weight is 583 g/mol. The molecular formula is C36H70O5. The molecular weight excluding hydrogens is 512 g/mol. The van der Waals surface area contributed by atoms with Gasteiger partial charge in [-0.15, -0.1) is 0 Å². The van der Waals surface area contributed by atoms with E-state index in [2.05, 4.69) is 20.8 Å². The number of unbranched alkanes of at least 4 members (excludes halogenated alkanes) is 22. The highest BCUT2D eigenvalue weighted by Crippen LogP contribution is 2.15. The van der Waals surface area contributed by atoms with Gasteiger partial charge in [-0.1, -0.05) is 168 Å². The highest BCUT2D eigenvalue weighted by atomic mass is 16.6. The summed E-state index contributed by atoms with van der Waals surface area (Å²) in [6, 6.07) is 0. The molecule has 244 valence electrons. The number of ether oxygens (including phenoxy) is 2. The molecule has 0 aliphatic rings. The summed E-state index contributed by atoms with van der Waals surface area (Å²) in [6.07, 6.45) is 31.5. The molecule has 0 amide bonds. The van der Waals surface area contributed by atoms with Gasteiger partial charge in [-0.3, -0.25) is 9.59 Å². The summed E-state index contributed by atoms with van der Waals surface area (Å²) in [7, 11) is 0. The lowest BCUT2D eigenvalue weighted by atomic mass is 10.0. The number of esters is 2. The zero-order valence-electron chi connectivity index (χ0n) is 27.7. The molecule has 0 aromatic rings. The number of aliphatic hydroxyl groups excluding tert-OH is 1. The normalized spacial score (nSPS) is 12.1. The second-order valence-electron chi connectivity index (χ2n) is 12.8. The van der Waals surface area contributed by atoms with Crippen LogP contribution in [0.5, 0.6) is 0 Å². The van der Waals surface area contributed by atoms with Gasteiger partial charge >= 0.3 is 11.9 Å². The van der Waals surface area contributed by atoms with Gasteiger partial charge in [0.15, 0.2) is 6.10 Å². The summed E-state index contributed by atoms with van der Waals surface area (Å²) >= 11 is 0. The van der Waals surface area contributed by atoms with Crippen molar-refractivity contribution in [3.05, 3.63) is 0 Å². The molecule has 5 nitrogen and oxygen atoms in total. The predicted molar refractivity (Wildman–Crippen MR) is 173 cm³/mol. The van der Waals surface area contributed by atoms with E-state index in [1.807, 2.05) is 0 Å². The molecule has 0 bridgehead atoms. The lowest BCUT2D eigenvalue weighted by Gasteiger charge is -2.15. The first-order valence-electron chi connectivity index (χ1n) is 18.0. The van der Waals surface area contributed by atoms with E-state index in [9.17, 15) is 14.7 Å². The molecule has 1 atom stereocenters. The quantitative estimate of drug-likeness (QED) is 0.0631. The van der Waals surface area contributed by atoms with Crippen molar-refractivity contribution in [1.82, 2.24) is 0 Å². The zero-order chi connectivity index (χ0) is 30.2. The second-order valence-corrected chi connectivity index (χ2v) is 12.8. The lowest BCUT2D eigenvalue weighted by molar-refractivity contribution is -0.161. The van der Waals surface area contributed by atoms with E-state index in [0.717, 1.165) is 38.0 Å². The van der Waals surface area contributed by atoms with Gasteiger partial charge in [0.1, 0.15) is 6.61 Å². The molecule has 0 aromatic carbocycles. The van der Waals surface area contributed by atoms with Crippen LogP contribution in [0.4, 0.5) is 0 Å². The van der Waals surface area contributed by atoms with E-state index in [1.165, 1.54) is 128 Å². The van der Waals surface area contributed by atoms with Gasteiger partial charge in [-0.2, -0.15) is 0 Å². The van der Waals surface area contributed by atoms with Crippen LogP contribution in [0.3, 0.4) is 0 Å². The standard InChI is InChI=1S/C36H70O5/c1-4-5-6-7-8-9-10-11-14-17-20-23-26-29-35(38)40-32-34(31-37)41-36(39)30-27-24-21-18-15-12-13-16-19-22-25-28-33(2)3/h33-34,37H,4-32H2,1-3H3/t34-/m0/s1. The molecule has 0 radical (unpaired) electrons. The van der Waals surface area contributed by atoms with Crippen molar-refractivity contribution in [1.29, 1.82) is 0 Å². The topological polar surface area (TPSA) is 72.8 Å². The largest absolute Gasteiger partial charge is 0.462 e. The van der Waals surface area contributed by atoms with Crippen molar-refractivity contribution in [3.8, 4) is 0 Å². The molecule has 0 spiro atoms. The molecule has 0 aliphatic carbocycles. The first kappa shape index (κ1) is 39.9. The van der Waals surface area contributed by atoms with Crippen LogP contribution in [0.1, 0.15) is 194 Å². The van der Waals surface area contributed by atoms with Crippen molar-refractivity contribution >= 4 is 11.9 Å². The second kappa shape index (κ2) is 31.8. The van der Waals surface area contributed by atoms with Gasteiger partial charge < -0.3 is 14.6 Å². The van der Waals surface area contributed by atoms with E-state index in [0.29, 0.717) is 12.8 Å². The van der Waals surface area contributed by atoms with Crippen molar-refractivity contribution < 1.29 is 24.2 Å². The number of rotatable bonds is 32. The molecule has 0 aromatic heterocycles. The number of aliphatic hydroxyl groups is 1. The Morgan fingerprint density at radius 3 is 1.29 bits per heavy atom. The van der Waals surface area contributed by atoms with Gasteiger partial charge in [0, 0.05) is 12.8 Å². The smallest absolute Gasteiger partial charge is 0.306 e. The van der Waals surface area contributed by atoms with Crippen LogP contribution in [0.25, 0.3) is 0 Å². The molecule has 5 heteroatoms. The summed E-state index contributed by atoms with van der Waals surface area (Å²) in [6.45, 7) is 6.48. The number of carbonyl (C=O) groups is 2. The van der Waals surface area contributed by atoms with E-state index in [1.54, 1.807) is 0 Å². The Hall–Kier alpha value is -1.10. The molecule has 0 saturated carbocycles. The Labute approximate surface area is 255 Å². The molecule has 0 rings (SSSR count). The maximum Gasteiger partial charge on any atom is 0.306 e. The van der Waals surface area contributed by atoms with Crippen LogP contribution in [0.2, 0.25) is 0 Å². The van der Waals surface area contributed by atoms with Crippen molar-refractivity contribution in [2.24, 2.45) is 5.92 Å². The van der Waals surface area contributed by atoms with Crippen molar-refractivity contribution in [2.75, 3.05) is 13.2 Å². The first-order valence-corrected chi connectivity index (χ1v) is 18.0. The summed E-state index contributed by atoms with van der Waals surface area (Å²) in [5, 5.41) is 9.51. The van der Waals surface area contributed by atoms with Gasteiger partial charge in [0.05, 0.1) is 6.61 Å². The molecule has 0 heterocycles. The van der Waals surface area contributed by atoms with Crippen LogP contribution < -0.4 is 0 Å². The molecule has 41 heavy (non-hydrogen) atoms. The monoisotopic (exact) mass is 583 g/mol. The van der Waals surface area contributed by atoms with Crippen LogP contribution in [-0.2, 0) is 19.1 Å². The van der Waals surface area contributed by atoms with Gasteiger partial charge in [-0.25, -0.2) is 0 Å². The SMILES string of the molecule is CCCCCCCCCCCCCCCC(=O)OC[C@H](CO)OC(=O)CCCCCCCCCCCCCC(C)C. The molecule has 0 saturated heterocycles. The summed E-state index contributed by atoms with van der Waals surface area (Å²) < 4.78 is 10.6. The highest BCUT2D eigenvalue weighted by Gasteiger charge is 2.16. The lowest BCUT2D eigenvalue weighted by Crippen LogP contribution is -2.28. The first-order chi connectivity index (χ1) is 20.0. The fraction of sp³-hybridized carbons (Fsp3) is 0.944. The maximum absolute atomic E-state index is 12.1. The summed E-state index contributed by atoms with van der Waals surface area (Å²) in [5.74, 6) is 0.254. The van der Waals surface area contributed by atoms with Crippen LogP contribution in [0, 0.1) is 5.92 Å². The average Bonchev–Trinajstić information content (AvgIpc) is 2.95. The van der Waals surface area contributed by atoms with Crippen molar-refractivity contribution in [3.63, 3.8) is 0 Å². The van der Waals surface area contributed by atoms with Gasteiger partial charge in [0.25, 0.3) is 0 Å². The van der Waals surface area contributed by atoms with E-state index in [-0.39, 0.29) is 25.2 Å². The van der Waals surface area contributed by atoms with Gasteiger partial charge in [-0.05, 0) is 18.8 Å². The Balaban J connectivity index is 3.53. The zero-order valence-corrected chi connectivity index (χ0v) is 27.7. The Bertz CT molecular complexity index is 562. The van der Waals surface area contributed by atoms with Crippen LogP contribution in [0.15, 0.2) is 0 Å². The third-order valence-electron chi connectivity index (χ3n) is 8.08. The number of carbonyl (C=O) groups excluding carboxylic acids is 2. The molecule has 0 unspecified atom stereocenters. The van der Waals surface area contributed by atoms with Crippen LogP contribution in [-0.4, -0.2) is 36.4 Å². The third-order valence-corrected chi connectivity index (χ3v) is 8.08.